The van der Waals surface area contributed by atoms with Crippen molar-refractivity contribution < 1.29 is 83.3 Å². The van der Waals surface area contributed by atoms with Crippen LogP contribution in [-0.4, -0.2) is 49.9 Å². The third-order valence-electron chi connectivity index (χ3n) is 2.68. The summed E-state index contributed by atoms with van der Waals surface area (Å²) >= 11 is 0. The molecule has 0 aliphatic heterocycles. The molecule has 0 heterocycles. The van der Waals surface area contributed by atoms with Crippen LogP contribution in [-0.2, 0) is 58.1 Å². The SMILES string of the molecule is O=C(O)CC(CC(=O)O)(OC(=O)c1ccccc1O)C(=O)O.[Zn].[Zn]. The van der Waals surface area contributed by atoms with Crippen LogP contribution in [0.4, 0.5) is 0 Å². The molecule has 0 unspecified atom stereocenters. The molecule has 0 aromatic heterocycles. The molecule has 24 heavy (non-hydrogen) atoms. The zero-order chi connectivity index (χ0) is 16.9. The van der Waals surface area contributed by atoms with Gasteiger partial charge in [-0.25, -0.2) is 9.59 Å². The fourth-order valence-electron chi connectivity index (χ4n) is 1.70. The van der Waals surface area contributed by atoms with Crippen molar-refractivity contribution in [3.05, 3.63) is 29.8 Å². The largest absolute Gasteiger partial charge is 0.507 e. The summed E-state index contributed by atoms with van der Waals surface area (Å²) in [6.07, 6.45) is -2.48. The summed E-state index contributed by atoms with van der Waals surface area (Å²) in [6.45, 7) is 0. The number of ether oxygens (including phenoxy) is 1. The molecule has 0 saturated heterocycles. The van der Waals surface area contributed by atoms with E-state index in [1.165, 1.54) is 12.1 Å². The van der Waals surface area contributed by atoms with Crippen LogP contribution in [0.3, 0.4) is 0 Å². The Hall–Kier alpha value is -1.85. The van der Waals surface area contributed by atoms with E-state index >= 15 is 0 Å². The normalized spacial score (nSPS) is 9.83. The fraction of sp³-hybridized carbons (Fsp3) is 0.231. The Balaban J connectivity index is 0. The second kappa shape index (κ2) is 10.1. The standard InChI is InChI=1S/C13H12O9.2Zn/c14-8-4-2-1-3-7(8)11(19)22-13(12(20)21,5-9(15)16)6-10(17)18;;/h1-4,14H,5-6H2,(H,15,16)(H,17,18)(H,20,21);;. The average molecular weight is 443 g/mol. The molecule has 0 fully saturated rings. The quantitative estimate of drug-likeness (QED) is 0.344. The topological polar surface area (TPSA) is 158 Å². The number of benzene rings is 1. The third kappa shape index (κ3) is 6.33. The smallest absolute Gasteiger partial charge is 0.349 e. The molecular formula is C13H12O9Zn2. The fourth-order valence-corrected chi connectivity index (χ4v) is 1.70. The Morgan fingerprint density at radius 3 is 1.75 bits per heavy atom. The maximum absolute atomic E-state index is 11.9. The summed E-state index contributed by atoms with van der Waals surface area (Å²) in [7, 11) is 0. The number of aliphatic carboxylic acids is 3. The maximum Gasteiger partial charge on any atom is 0.349 e. The van der Waals surface area contributed by atoms with Crippen LogP contribution < -0.4 is 0 Å². The van der Waals surface area contributed by atoms with Gasteiger partial charge in [0.05, 0.1) is 12.8 Å². The number of phenols is 1. The second-order valence-electron chi connectivity index (χ2n) is 4.35. The number of carboxylic acid groups (broad SMARTS) is 3. The summed E-state index contributed by atoms with van der Waals surface area (Å²) in [6, 6.07) is 5.00. The van der Waals surface area contributed by atoms with Gasteiger partial charge in [0.15, 0.2) is 0 Å². The number of esters is 1. The van der Waals surface area contributed by atoms with Gasteiger partial charge in [-0.15, -0.1) is 0 Å². The summed E-state index contributed by atoms with van der Waals surface area (Å²) in [5, 5.41) is 36.1. The maximum atomic E-state index is 11.9. The van der Waals surface area contributed by atoms with Gasteiger partial charge in [0, 0.05) is 39.0 Å². The average Bonchev–Trinajstić information content (AvgIpc) is 2.36. The first kappa shape index (κ1) is 24.4. The van der Waals surface area contributed by atoms with Crippen LogP contribution in [0.5, 0.6) is 5.75 Å². The molecular weight excluding hydrogens is 431 g/mol. The molecule has 1 aromatic carbocycles. The van der Waals surface area contributed by atoms with Gasteiger partial charge in [0.2, 0.25) is 5.60 Å². The molecule has 1 rings (SSSR count). The molecule has 0 atom stereocenters. The second-order valence-corrected chi connectivity index (χ2v) is 4.35. The first-order valence-corrected chi connectivity index (χ1v) is 5.86. The zero-order valence-electron chi connectivity index (χ0n) is 12.5. The Morgan fingerprint density at radius 1 is 0.917 bits per heavy atom. The molecule has 0 radical (unpaired) electrons. The zero-order valence-corrected chi connectivity index (χ0v) is 18.4. The Bertz CT molecular complexity index is 614. The van der Waals surface area contributed by atoms with Gasteiger partial charge in [0.25, 0.3) is 0 Å². The van der Waals surface area contributed by atoms with E-state index in [1.54, 1.807) is 0 Å². The molecule has 0 aliphatic carbocycles. The first-order valence-electron chi connectivity index (χ1n) is 5.86. The molecule has 0 bridgehead atoms. The summed E-state index contributed by atoms with van der Waals surface area (Å²) in [5.41, 5.74) is -3.19. The monoisotopic (exact) mass is 440 g/mol. The summed E-state index contributed by atoms with van der Waals surface area (Å²) < 4.78 is 4.63. The molecule has 9 nitrogen and oxygen atoms in total. The number of carbonyl (C=O) groups excluding carboxylic acids is 1. The van der Waals surface area contributed by atoms with Crippen molar-refractivity contribution in [3.8, 4) is 5.75 Å². The number of para-hydroxylation sites is 1. The third-order valence-corrected chi connectivity index (χ3v) is 2.68. The van der Waals surface area contributed by atoms with E-state index in [2.05, 4.69) is 4.74 Å². The van der Waals surface area contributed by atoms with Gasteiger partial charge in [-0.2, -0.15) is 0 Å². The minimum absolute atomic E-state index is 0. The molecule has 122 valence electrons. The molecule has 0 amide bonds. The predicted molar refractivity (Wildman–Crippen MR) is 68.4 cm³/mol. The number of hydrogen-bond acceptors (Lipinski definition) is 6. The van der Waals surface area contributed by atoms with Crippen LogP contribution in [0.2, 0.25) is 0 Å². The van der Waals surface area contributed by atoms with Crippen LogP contribution >= 0.6 is 0 Å². The molecule has 1 aromatic rings. The van der Waals surface area contributed by atoms with Gasteiger partial charge in [-0.1, -0.05) is 12.1 Å². The van der Waals surface area contributed by atoms with Gasteiger partial charge in [0.1, 0.15) is 11.3 Å². The van der Waals surface area contributed by atoms with Crippen molar-refractivity contribution in [2.75, 3.05) is 0 Å². The van der Waals surface area contributed by atoms with Crippen molar-refractivity contribution in [2.45, 2.75) is 18.4 Å². The van der Waals surface area contributed by atoms with Crippen LogP contribution in [0.1, 0.15) is 23.2 Å². The molecule has 0 saturated carbocycles. The summed E-state index contributed by atoms with van der Waals surface area (Å²) in [4.78, 5) is 44.8. The van der Waals surface area contributed by atoms with Crippen molar-refractivity contribution in [1.82, 2.24) is 0 Å². The Labute approximate surface area is 161 Å². The van der Waals surface area contributed by atoms with E-state index in [1.807, 2.05) is 0 Å². The Kier molecular flexibility index (Phi) is 10.3. The predicted octanol–water partition coefficient (Wildman–Crippen LogP) is 0.317. The number of hydrogen-bond donors (Lipinski definition) is 4. The van der Waals surface area contributed by atoms with Crippen LogP contribution in [0, 0.1) is 0 Å². The van der Waals surface area contributed by atoms with E-state index < -0.39 is 53.6 Å². The minimum Gasteiger partial charge on any atom is -0.507 e. The first-order chi connectivity index (χ1) is 10.2. The van der Waals surface area contributed by atoms with Crippen molar-refractivity contribution in [3.63, 3.8) is 0 Å². The van der Waals surface area contributed by atoms with E-state index in [0.29, 0.717) is 0 Å². The number of carboxylic acids is 3. The van der Waals surface area contributed by atoms with Crippen molar-refractivity contribution in [2.24, 2.45) is 0 Å². The van der Waals surface area contributed by atoms with Crippen molar-refractivity contribution >= 4 is 23.9 Å². The number of carbonyl (C=O) groups is 4. The van der Waals surface area contributed by atoms with Gasteiger partial charge in [-0.05, 0) is 12.1 Å². The van der Waals surface area contributed by atoms with Crippen molar-refractivity contribution in [1.29, 1.82) is 0 Å². The minimum atomic E-state index is -2.78. The van der Waals surface area contributed by atoms with E-state index in [4.69, 9.17) is 15.3 Å². The molecule has 0 aliphatic rings. The van der Waals surface area contributed by atoms with E-state index in [-0.39, 0.29) is 39.0 Å². The van der Waals surface area contributed by atoms with Gasteiger partial charge >= 0.3 is 23.9 Å². The number of phenolic OH excluding ortho intramolecular Hbond substituents is 1. The number of aromatic hydroxyl groups is 1. The van der Waals surface area contributed by atoms with Crippen LogP contribution in [0.15, 0.2) is 24.3 Å². The van der Waals surface area contributed by atoms with Gasteiger partial charge < -0.3 is 25.2 Å². The number of rotatable bonds is 7. The molecule has 4 N–H and O–H groups in total. The molecule has 0 spiro atoms. The van der Waals surface area contributed by atoms with Crippen LogP contribution in [0.25, 0.3) is 0 Å². The Morgan fingerprint density at radius 2 is 1.38 bits per heavy atom. The summed E-state index contributed by atoms with van der Waals surface area (Å²) in [5.74, 6) is -7.09. The molecule has 11 heteroatoms. The van der Waals surface area contributed by atoms with Gasteiger partial charge in [-0.3, -0.25) is 9.59 Å². The van der Waals surface area contributed by atoms with E-state index in [9.17, 15) is 24.3 Å². The van der Waals surface area contributed by atoms with E-state index in [0.717, 1.165) is 12.1 Å².